The molecule has 0 amide bonds. The third-order valence-corrected chi connectivity index (χ3v) is 4.55. The summed E-state index contributed by atoms with van der Waals surface area (Å²) in [7, 11) is 1.68. The van der Waals surface area contributed by atoms with Gasteiger partial charge >= 0.3 is 5.97 Å². The molecule has 0 aliphatic carbocycles. The van der Waals surface area contributed by atoms with E-state index in [1.807, 2.05) is 24.3 Å². The van der Waals surface area contributed by atoms with Gasteiger partial charge in [-0.25, -0.2) is 4.79 Å². The Labute approximate surface area is 154 Å². The number of nitrogens with zero attached hydrogens (tertiary/aromatic N) is 1. The lowest BCUT2D eigenvalue weighted by molar-refractivity contribution is 0.0526. The molecule has 1 saturated heterocycles. The highest BCUT2D eigenvalue weighted by Gasteiger charge is 2.21. The molecule has 5 heteroatoms. The molecular formula is C21H25NO4. The molecule has 1 aliphatic heterocycles. The normalized spacial score (nSPS) is 14.8. The first-order valence-corrected chi connectivity index (χ1v) is 9.02. The molecule has 138 valence electrons. The Morgan fingerprint density at radius 3 is 2.19 bits per heavy atom. The summed E-state index contributed by atoms with van der Waals surface area (Å²) < 4.78 is 16.3. The summed E-state index contributed by atoms with van der Waals surface area (Å²) in [6.07, 6.45) is 2.12. The Bertz CT molecular complexity index is 704. The number of carbonyl (C=O) groups excluding carboxylic acids is 1. The lowest BCUT2D eigenvalue weighted by Gasteiger charge is -2.33. The van der Waals surface area contributed by atoms with Crippen LogP contribution in [-0.2, 0) is 4.74 Å². The van der Waals surface area contributed by atoms with Crippen molar-refractivity contribution in [2.24, 2.45) is 0 Å². The number of esters is 1. The van der Waals surface area contributed by atoms with Gasteiger partial charge in [-0.05, 0) is 55.5 Å². The molecule has 3 rings (SSSR count). The molecular weight excluding hydrogens is 330 g/mol. The van der Waals surface area contributed by atoms with Crippen LogP contribution in [0.25, 0.3) is 0 Å². The van der Waals surface area contributed by atoms with Crippen LogP contribution >= 0.6 is 0 Å². The highest BCUT2D eigenvalue weighted by atomic mass is 16.5. The van der Waals surface area contributed by atoms with E-state index < -0.39 is 0 Å². The summed E-state index contributed by atoms with van der Waals surface area (Å²) in [4.78, 5) is 14.0. The average molecular weight is 355 g/mol. The van der Waals surface area contributed by atoms with Gasteiger partial charge in [0, 0.05) is 31.6 Å². The van der Waals surface area contributed by atoms with Crippen molar-refractivity contribution in [3.63, 3.8) is 0 Å². The van der Waals surface area contributed by atoms with Gasteiger partial charge in [-0.3, -0.25) is 0 Å². The first-order chi connectivity index (χ1) is 12.7. The van der Waals surface area contributed by atoms with Crippen molar-refractivity contribution in [3.05, 3.63) is 54.1 Å². The fraction of sp³-hybridized carbons (Fsp3) is 0.381. The van der Waals surface area contributed by atoms with E-state index in [4.69, 9.17) is 14.2 Å². The minimum absolute atomic E-state index is 0.193. The van der Waals surface area contributed by atoms with E-state index in [9.17, 15) is 4.79 Å². The summed E-state index contributed by atoms with van der Waals surface area (Å²) >= 11 is 0. The van der Waals surface area contributed by atoms with Crippen LogP contribution in [-0.4, -0.2) is 38.9 Å². The lowest BCUT2D eigenvalue weighted by atomic mass is 10.1. The van der Waals surface area contributed by atoms with Crippen LogP contribution in [0.15, 0.2) is 48.5 Å². The molecule has 0 unspecified atom stereocenters. The fourth-order valence-electron chi connectivity index (χ4n) is 3.10. The number of hydrogen-bond donors (Lipinski definition) is 0. The molecule has 2 aromatic carbocycles. The molecule has 1 fully saturated rings. The maximum Gasteiger partial charge on any atom is 0.338 e. The number of piperidine rings is 1. The highest BCUT2D eigenvalue weighted by molar-refractivity contribution is 5.89. The number of carbonyl (C=O) groups is 1. The second kappa shape index (κ2) is 8.61. The minimum Gasteiger partial charge on any atom is -0.497 e. The quantitative estimate of drug-likeness (QED) is 0.735. The molecule has 2 aromatic rings. The molecule has 26 heavy (non-hydrogen) atoms. The van der Waals surface area contributed by atoms with Crippen LogP contribution in [0.2, 0.25) is 0 Å². The maximum atomic E-state index is 11.7. The number of ether oxygens (including phenoxy) is 3. The van der Waals surface area contributed by atoms with Crippen molar-refractivity contribution in [1.29, 1.82) is 0 Å². The number of hydrogen-bond acceptors (Lipinski definition) is 5. The standard InChI is InChI=1S/C21H25NO4/c1-3-25-21(23)16-4-8-19(9-5-16)26-20-12-14-22(15-13-20)17-6-10-18(24-2)11-7-17/h4-11,20H,3,12-15H2,1-2H3. The summed E-state index contributed by atoms with van der Waals surface area (Å²) in [5.74, 6) is 1.37. The number of methoxy groups -OCH3 is 1. The van der Waals surface area contributed by atoms with Gasteiger partial charge in [0.25, 0.3) is 0 Å². The second-order valence-electron chi connectivity index (χ2n) is 6.25. The molecule has 0 spiro atoms. The zero-order valence-corrected chi connectivity index (χ0v) is 15.3. The summed E-state index contributed by atoms with van der Waals surface area (Å²) in [5.41, 5.74) is 1.76. The van der Waals surface area contributed by atoms with E-state index in [2.05, 4.69) is 17.0 Å². The summed E-state index contributed by atoms with van der Waals surface area (Å²) in [6.45, 7) is 4.09. The molecule has 1 heterocycles. The Morgan fingerprint density at radius 2 is 1.62 bits per heavy atom. The second-order valence-corrected chi connectivity index (χ2v) is 6.25. The Balaban J connectivity index is 1.51. The van der Waals surface area contributed by atoms with E-state index in [-0.39, 0.29) is 12.1 Å². The van der Waals surface area contributed by atoms with Gasteiger partial charge in [-0.15, -0.1) is 0 Å². The van der Waals surface area contributed by atoms with E-state index in [0.29, 0.717) is 12.2 Å². The van der Waals surface area contributed by atoms with E-state index in [1.54, 1.807) is 26.2 Å². The van der Waals surface area contributed by atoms with Crippen LogP contribution in [0.3, 0.4) is 0 Å². The minimum atomic E-state index is -0.299. The maximum absolute atomic E-state index is 11.7. The van der Waals surface area contributed by atoms with Gasteiger partial charge in [0.2, 0.25) is 0 Å². The molecule has 5 nitrogen and oxygen atoms in total. The molecule has 1 aliphatic rings. The summed E-state index contributed by atoms with van der Waals surface area (Å²) in [5, 5.41) is 0. The molecule has 0 aromatic heterocycles. The van der Waals surface area contributed by atoms with Crippen molar-refractivity contribution in [1.82, 2.24) is 0 Å². The van der Waals surface area contributed by atoms with Crippen LogP contribution in [0, 0.1) is 0 Å². The SMILES string of the molecule is CCOC(=O)c1ccc(OC2CCN(c3ccc(OC)cc3)CC2)cc1. The molecule has 0 N–H and O–H groups in total. The number of rotatable bonds is 6. The Hall–Kier alpha value is -2.69. The number of anilines is 1. The largest absolute Gasteiger partial charge is 0.497 e. The van der Waals surface area contributed by atoms with Crippen LogP contribution in [0.5, 0.6) is 11.5 Å². The van der Waals surface area contributed by atoms with Crippen molar-refractivity contribution in [2.75, 3.05) is 31.7 Å². The van der Waals surface area contributed by atoms with Crippen LogP contribution in [0.4, 0.5) is 5.69 Å². The van der Waals surface area contributed by atoms with Gasteiger partial charge in [0.05, 0.1) is 19.3 Å². The van der Waals surface area contributed by atoms with E-state index in [1.165, 1.54) is 5.69 Å². The predicted molar refractivity (Wildman–Crippen MR) is 101 cm³/mol. The predicted octanol–water partition coefficient (Wildman–Crippen LogP) is 3.92. The van der Waals surface area contributed by atoms with Gasteiger partial charge in [0.15, 0.2) is 0 Å². The molecule has 0 radical (unpaired) electrons. The van der Waals surface area contributed by atoms with Crippen molar-refractivity contribution < 1.29 is 19.0 Å². The first kappa shape index (κ1) is 18.1. The Kier molecular flexibility index (Phi) is 6.00. The van der Waals surface area contributed by atoms with Gasteiger partial charge in [-0.1, -0.05) is 0 Å². The lowest BCUT2D eigenvalue weighted by Crippen LogP contribution is -2.38. The van der Waals surface area contributed by atoms with Gasteiger partial charge in [-0.2, -0.15) is 0 Å². The third kappa shape index (κ3) is 4.48. The van der Waals surface area contributed by atoms with Crippen molar-refractivity contribution in [3.8, 4) is 11.5 Å². The summed E-state index contributed by atoms with van der Waals surface area (Å²) in [6, 6.07) is 15.3. The van der Waals surface area contributed by atoms with Gasteiger partial charge < -0.3 is 19.1 Å². The average Bonchev–Trinajstić information content (AvgIpc) is 2.69. The first-order valence-electron chi connectivity index (χ1n) is 9.02. The molecule has 0 atom stereocenters. The van der Waals surface area contributed by atoms with Crippen LogP contribution < -0.4 is 14.4 Å². The molecule has 0 bridgehead atoms. The highest BCUT2D eigenvalue weighted by Crippen LogP contribution is 2.25. The van der Waals surface area contributed by atoms with Crippen molar-refractivity contribution >= 4 is 11.7 Å². The van der Waals surface area contributed by atoms with Crippen LogP contribution in [0.1, 0.15) is 30.1 Å². The zero-order chi connectivity index (χ0) is 18.4. The topological polar surface area (TPSA) is 48.0 Å². The van der Waals surface area contributed by atoms with E-state index in [0.717, 1.165) is 37.4 Å². The Morgan fingerprint density at radius 1 is 1.00 bits per heavy atom. The third-order valence-electron chi connectivity index (χ3n) is 4.55. The number of benzene rings is 2. The van der Waals surface area contributed by atoms with Gasteiger partial charge in [0.1, 0.15) is 17.6 Å². The smallest absolute Gasteiger partial charge is 0.338 e. The zero-order valence-electron chi connectivity index (χ0n) is 15.3. The van der Waals surface area contributed by atoms with Crippen molar-refractivity contribution in [2.45, 2.75) is 25.9 Å². The van der Waals surface area contributed by atoms with E-state index >= 15 is 0 Å². The molecule has 0 saturated carbocycles. The monoisotopic (exact) mass is 355 g/mol. The fourth-order valence-corrected chi connectivity index (χ4v) is 3.10.